The van der Waals surface area contributed by atoms with Crippen LogP contribution in [0.25, 0.3) is 0 Å². The Kier molecular flexibility index (Phi) is 11.9. The van der Waals surface area contributed by atoms with Gasteiger partial charge in [-0.25, -0.2) is 0 Å². The van der Waals surface area contributed by atoms with Crippen LogP contribution in [0.1, 0.15) is 45.0 Å². The maximum absolute atomic E-state index is 7.05. The first-order valence-corrected chi connectivity index (χ1v) is 19.3. The number of fused-ring (bicyclic) bond motifs is 1. The van der Waals surface area contributed by atoms with Gasteiger partial charge in [0.25, 0.3) is 0 Å². The average molecular weight is 756 g/mol. The maximum Gasteiger partial charge on any atom is 0.203 e. The zero-order chi connectivity index (χ0) is 38.7. The standard InChI is InChI=1S/C50H45NO6/c51-44-30-43-45(53-32-37-18-8-2-9-19-37)28-42(52-31-36-16-6-1-7-17-36)29-46(43)57-49(44)41-26-47(54-33-38-20-10-3-11-21-38)50(56-35-40-24-14-5-15-25-40)48(27-41)55-34-39-22-12-4-13-23-39/h1-29,44,49H,30-35,51H2. The number of rotatable bonds is 16. The summed E-state index contributed by atoms with van der Waals surface area (Å²) < 4.78 is 39.4. The fourth-order valence-corrected chi connectivity index (χ4v) is 6.79. The van der Waals surface area contributed by atoms with Gasteiger partial charge in [-0.15, -0.1) is 0 Å². The van der Waals surface area contributed by atoms with Crippen LogP contribution in [0.3, 0.4) is 0 Å². The Morgan fingerprint density at radius 3 is 1.26 bits per heavy atom. The first kappa shape index (κ1) is 37.2. The van der Waals surface area contributed by atoms with Crippen LogP contribution < -0.4 is 34.2 Å². The smallest absolute Gasteiger partial charge is 0.203 e. The van der Waals surface area contributed by atoms with Gasteiger partial charge >= 0.3 is 0 Å². The third kappa shape index (κ3) is 9.76. The van der Waals surface area contributed by atoms with Crippen LogP contribution in [0.5, 0.6) is 34.5 Å². The zero-order valence-corrected chi connectivity index (χ0v) is 31.7. The molecule has 7 aromatic carbocycles. The van der Waals surface area contributed by atoms with Crippen LogP contribution in [0.4, 0.5) is 0 Å². The minimum Gasteiger partial charge on any atom is -0.489 e. The van der Waals surface area contributed by atoms with E-state index in [1.54, 1.807) is 0 Å². The van der Waals surface area contributed by atoms with Gasteiger partial charge in [0.2, 0.25) is 5.75 Å². The van der Waals surface area contributed by atoms with E-state index < -0.39 is 12.1 Å². The molecule has 0 saturated carbocycles. The van der Waals surface area contributed by atoms with E-state index in [9.17, 15) is 0 Å². The third-order valence-electron chi connectivity index (χ3n) is 9.78. The molecule has 0 saturated heterocycles. The SMILES string of the molecule is NC1Cc2c(OCc3ccccc3)cc(OCc3ccccc3)cc2OC1c1cc(OCc2ccccc2)c(OCc2ccccc2)c(OCc2ccccc2)c1. The Balaban J connectivity index is 1.15. The quantitative estimate of drug-likeness (QED) is 0.105. The highest BCUT2D eigenvalue weighted by Crippen LogP contribution is 2.47. The number of ether oxygens (including phenoxy) is 6. The Hall–Kier alpha value is -6.70. The molecule has 2 N–H and O–H groups in total. The predicted octanol–water partition coefficient (Wildman–Crippen LogP) is 10.6. The van der Waals surface area contributed by atoms with E-state index in [1.165, 1.54) is 0 Å². The minimum atomic E-state index is -0.551. The van der Waals surface area contributed by atoms with E-state index in [0.717, 1.165) is 38.9 Å². The van der Waals surface area contributed by atoms with Crippen molar-refractivity contribution in [2.24, 2.45) is 5.73 Å². The van der Waals surface area contributed by atoms with Gasteiger partial charge in [0.05, 0.1) is 6.04 Å². The molecule has 1 aliphatic rings. The largest absolute Gasteiger partial charge is 0.489 e. The van der Waals surface area contributed by atoms with Crippen LogP contribution >= 0.6 is 0 Å². The van der Waals surface area contributed by atoms with E-state index in [-0.39, 0.29) is 0 Å². The summed E-state index contributed by atoms with van der Waals surface area (Å²) in [5, 5.41) is 0. The van der Waals surface area contributed by atoms with Crippen molar-refractivity contribution in [1.82, 2.24) is 0 Å². The normalized spacial score (nSPS) is 14.5. The third-order valence-corrected chi connectivity index (χ3v) is 9.78. The van der Waals surface area contributed by atoms with Crippen molar-refractivity contribution >= 4 is 0 Å². The Morgan fingerprint density at radius 1 is 0.439 bits per heavy atom. The van der Waals surface area contributed by atoms with Crippen LogP contribution in [0.15, 0.2) is 176 Å². The molecule has 1 aliphatic heterocycles. The highest BCUT2D eigenvalue weighted by Gasteiger charge is 2.33. The van der Waals surface area contributed by atoms with Gasteiger partial charge in [-0.05, 0) is 46.4 Å². The first-order chi connectivity index (χ1) is 28.1. The second-order valence-electron chi connectivity index (χ2n) is 14.0. The lowest BCUT2D eigenvalue weighted by atomic mass is 9.92. The number of hydrogen-bond donors (Lipinski definition) is 1. The molecule has 7 nitrogen and oxygen atoms in total. The number of benzene rings is 7. The summed E-state index contributed by atoms with van der Waals surface area (Å²) in [5.41, 5.74) is 13.9. The fourth-order valence-electron chi connectivity index (χ4n) is 6.79. The van der Waals surface area contributed by atoms with Gasteiger partial charge in [-0.3, -0.25) is 0 Å². The molecule has 0 amide bonds. The summed E-state index contributed by atoms with van der Waals surface area (Å²) in [5.74, 6) is 3.54. The van der Waals surface area contributed by atoms with Gasteiger partial charge < -0.3 is 34.2 Å². The maximum atomic E-state index is 7.05. The lowest BCUT2D eigenvalue weighted by Crippen LogP contribution is -2.37. The van der Waals surface area contributed by atoms with E-state index >= 15 is 0 Å². The predicted molar refractivity (Wildman–Crippen MR) is 222 cm³/mol. The molecule has 7 aromatic rings. The zero-order valence-electron chi connectivity index (χ0n) is 31.7. The topological polar surface area (TPSA) is 81.4 Å². The molecule has 286 valence electrons. The molecule has 0 radical (unpaired) electrons. The summed E-state index contributed by atoms with van der Waals surface area (Å²) in [4.78, 5) is 0. The Morgan fingerprint density at radius 2 is 0.825 bits per heavy atom. The second kappa shape index (κ2) is 18.3. The van der Waals surface area contributed by atoms with E-state index in [0.29, 0.717) is 74.0 Å². The molecule has 8 rings (SSSR count). The van der Waals surface area contributed by atoms with Crippen LogP contribution in [-0.4, -0.2) is 6.04 Å². The fraction of sp³-hybridized carbons (Fsp3) is 0.160. The van der Waals surface area contributed by atoms with E-state index in [2.05, 4.69) is 0 Å². The van der Waals surface area contributed by atoms with Crippen molar-refractivity contribution in [3.05, 3.63) is 215 Å². The van der Waals surface area contributed by atoms with Gasteiger partial charge in [0.15, 0.2) is 11.5 Å². The first-order valence-electron chi connectivity index (χ1n) is 19.3. The average Bonchev–Trinajstić information content (AvgIpc) is 3.27. The molecule has 57 heavy (non-hydrogen) atoms. The van der Waals surface area contributed by atoms with Crippen molar-refractivity contribution < 1.29 is 28.4 Å². The second-order valence-corrected chi connectivity index (χ2v) is 14.0. The minimum absolute atomic E-state index is 0.327. The molecule has 0 aromatic heterocycles. The monoisotopic (exact) mass is 755 g/mol. The highest BCUT2D eigenvalue weighted by atomic mass is 16.5. The Labute approximate surface area is 334 Å². The number of hydrogen-bond acceptors (Lipinski definition) is 7. The van der Waals surface area contributed by atoms with Gasteiger partial charge in [0.1, 0.15) is 56.4 Å². The van der Waals surface area contributed by atoms with Crippen molar-refractivity contribution in [1.29, 1.82) is 0 Å². The van der Waals surface area contributed by atoms with E-state index in [4.69, 9.17) is 34.2 Å². The van der Waals surface area contributed by atoms with Crippen LogP contribution in [0.2, 0.25) is 0 Å². The highest BCUT2D eigenvalue weighted by molar-refractivity contribution is 5.57. The molecular weight excluding hydrogens is 711 g/mol. The molecule has 0 aliphatic carbocycles. The van der Waals surface area contributed by atoms with E-state index in [1.807, 2.05) is 176 Å². The van der Waals surface area contributed by atoms with Crippen molar-refractivity contribution in [3.63, 3.8) is 0 Å². The van der Waals surface area contributed by atoms with Crippen LogP contribution in [0, 0.1) is 0 Å². The summed E-state index contributed by atoms with van der Waals surface area (Å²) in [6.07, 6.45) is -0.0411. The molecule has 7 heteroatoms. The van der Waals surface area contributed by atoms with Crippen LogP contribution in [-0.2, 0) is 39.5 Å². The summed E-state index contributed by atoms with van der Waals surface area (Å²) in [6.45, 7) is 1.77. The van der Waals surface area contributed by atoms with Crippen molar-refractivity contribution in [2.75, 3.05) is 0 Å². The molecule has 2 atom stereocenters. The molecule has 2 unspecified atom stereocenters. The lowest BCUT2D eigenvalue weighted by molar-refractivity contribution is 0.147. The summed E-state index contributed by atoms with van der Waals surface area (Å²) >= 11 is 0. The molecule has 1 heterocycles. The number of nitrogens with two attached hydrogens (primary N) is 1. The van der Waals surface area contributed by atoms with Gasteiger partial charge in [0, 0.05) is 23.3 Å². The summed E-state index contributed by atoms with van der Waals surface area (Å²) in [6, 6.07) is 57.7. The molecule has 0 bridgehead atoms. The van der Waals surface area contributed by atoms with Crippen molar-refractivity contribution in [3.8, 4) is 34.5 Å². The molecular formula is C50H45NO6. The van der Waals surface area contributed by atoms with Gasteiger partial charge in [-0.2, -0.15) is 0 Å². The molecule has 0 fully saturated rings. The lowest BCUT2D eigenvalue weighted by Gasteiger charge is -2.33. The van der Waals surface area contributed by atoms with Crippen molar-refractivity contribution in [2.45, 2.75) is 51.6 Å². The Bertz CT molecular complexity index is 2260. The summed E-state index contributed by atoms with van der Waals surface area (Å²) in [7, 11) is 0. The molecule has 0 spiro atoms. The van der Waals surface area contributed by atoms with Gasteiger partial charge in [-0.1, -0.05) is 152 Å².